The Balaban J connectivity index is 0. The summed E-state index contributed by atoms with van der Waals surface area (Å²) in [6, 6.07) is 8.72. The Hall–Kier alpha value is -1.43. The van der Waals surface area contributed by atoms with E-state index in [2.05, 4.69) is 56.8 Å². The number of hydrogen-bond donors (Lipinski definition) is 3. The van der Waals surface area contributed by atoms with Crippen molar-refractivity contribution in [2.75, 3.05) is 0 Å². The highest BCUT2D eigenvalue weighted by molar-refractivity contribution is 5.76. The Morgan fingerprint density at radius 2 is 1.20 bits per heavy atom. The van der Waals surface area contributed by atoms with E-state index in [4.69, 9.17) is 15.8 Å². The first-order valence-electron chi connectivity index (χ1n) is 8.50. The fourth-order valence-electron chi connectivity index (χ4n) is 1.98. The Morgan fingerprint density at radius 1 is 0.880 bits per heavy atom. The molecule has 5 nitrogen and oxygen atoms in total. The summed E-state index contributed by atoms with van der Waals surface area (Å²) >= 11 is 0. The summed E-state index contributed by atoms with van der Waals surface area (Å²) in [5.74, 6) is 0.692. The Labute approximate surface area is 152 Å². The number of carbonyl (C=O) groups excluding carboxylic acids is 1. The Morgan fingerprint density at radius 3 is 1.36 bits per heavy atom. The van der Waals surface area contributed by atoms with Gasteiger partial charge < -0.3 is 4.89 Å². The molecule has 0 aliphatic carbocycles. The first kappa shape index (κ1) is 25.8. The van der Waals surface area contributed by atoms with Gasteiger partial charge in [-0.1, -0.05) is 72.7 Å². The van der Waals surface area contributed by atoms with Crippen molar-refractivity contribution < 1.29 is 25.5 Å². The van der Waals surface area contributed by atoms with Crippen LogP contribution in [-0.2, 0) is 9.68 Å². The molecule has 25 heavy (non-hydrogen) atoms. The SMILES string of the molecule is CC(C)(C)C(C)(C)C(=O)OO.CC(C)c1ccccc1C(C)C.OO. The normalized spacial score (nSPS) is 11.3. The predicted molar refractivity (Wildman–Crippen MR) is 102 cm³/mol. The maximum absolute atomic E-state index is 11.0. The van der Waals surface area contributed by atoms with Gasteiger partial charge in [-0.3, -0.25) is 10.5 Å². The van der Waals surface area contributed by atoms with Crippen LogP contribution < -0.4 is 0 Å². The molecule has 0 amide bonds. The molecule has 0 unspecified atom stereocenters. The maximum atomic E-state index is 11.0. The highest BCUT2D eigenvalue weighted by Crippen LogP contribution is 2.38. The summed E-state index contributed by atoms with van der Waals surface area (Å²) in [4.78, 5) is 14.7. The van der Waals surface area contributed by atoms with Crippen molar-refractivity contribution >= 4 is 5.97 Å². The molecule has 1 aromatic carbocycles. The van der Waals surface area contributed by atoms with E-state index < -0.39 is 11.4 Å². The van der Waals surface area contributed by atoms with Gasteiger partial charge in [0.25, 0.3) is 0 Å². The van der Waals surface area contributed by atoms with Crippen LogP contribution in [0.5, 0.6) is 0 Å². The van der Waals surface area contributed by atoms with Gasteiger partial charge in [-0.15, -0.1) is 0 Å². The van der Waals surface area contributed by atoms with Crippen LogP contribution in [0.2, 0.25) is 0 Å². The lowest BCUT2D eigenvalue weighted by molar-refractivity contribution is -0.248. The average Bonchev–Trinajstić information content (AvgIpc) is 2.55. The summed E-state index contributed by atoms with van der Waals surface area (Å²) in [5, 5.41) is 20.2. The fraction of sp³-hybridized carbons (Fsp3) is 0.650. The molecule has 1 rings (SSSR count). The van der Waals surface area contributed by atoms with E-state index in [0.717, 1.165) is 0 Å². The lowest BCUT2D eigenvalue weighted by Gasteiger charge is -2.34. The lowest BCUT2D eigenvalue weighted by Crippen LogP contribution is -2.38. The third-order valence-corrected chi connectivity index (χ3v) is 4.71. The molecule has 0 aliphatic heterocycles. The zero-order chi connectivity index (χ0) is 20.4. The van der Waals surface area contributed by atoms with Crippen LogP contribution in [0.15, 0.2) is 24.3 Å². The molecule has 0 aromatic heterocycles. The van der Waals surface area contributed by atoms with E-state index in [-0.39, 0.29) is 5.41 Å². The van der Waals surface area contributed by atoms with E-state index in [0.29, 0.717) is 11.8 Å². The molecule has 0 bridgehead atoms. The molecule has 0 aliphatic rings. The van der Waals surface area contributed by atoms with Crippen molar-refractivity contribution in [2.24, 2.45) is 10.8 Å². The molecule has 0 atom stereocenters. The van der Waals surface area contributed by atoms with Gasteiger partial charge in [0.05, 0.1) is 5.41 Å². The molecule has 0 saturated heterocycles. The average molecular weight is 357 g/mol. The van der Waals surface area contributed by atoms with Gasteiger partial charge in [-0.05, 0) is 42.2 Å². The van der Waals surface area contributed by atoms with E-state index in [1.807, 2.05) is 20.8 Å². The zero-order valence-electron chi connectivity index (χ0n) is 17.1. The minimum absolute atomic E-state index is 0.215. The lowest BCUT2D eigenvalue weighted by atomic mass is 9.69. The van der Waals surface area contributed by atoms with E-state index in [1.165, 1.54) is 11.1 Å². The van der Waals surface area contributed by atoms with Crippen molar-refractivity contribution in [3.8, 4) is 0 Å². The Bertz CT molecular complexity index is 472. The molecular formula is C20H36O5. The van der Waals surface area contributed by atoms with Gasteiger partial charge in [-0.25, -0.2) is 4.79 Å². The molecule has 0 fully saturated rings. The van der Waals surface area contributed by atoms with Crippen molar-refractivity contribution in [2.45, 2.75) is 74.1 Å². The van der Waals surface area contributed by atoms with E-state index in [9.17, 15) is 4.79 Å². The van der Waals surface area contributed by atoms with Crippen LogP contribution in [0.3, 0.4) is 0 Å². The number of rotatable bonds is 3. The highest BCUT2D eigenvalue weighted by atomic mass is 17.1. The molecule has 5 heteroatoms. The van der Waals surface area contributed by atoms with Crippen LogP contribution >= 0.6 is 0 Å². The monoisotopic (exact) mass is 356 g/mol. The number of carbonyl (C=O) groups is 1. The molecule has 0 heterocycles. The second-order valence-electron chi connectivity index (χ2n) is 8.19. The summed E-state index contributed by atoms with van der Waals surface area (Å²) in [7, 11) is 0. The van der Waals surface area contributed by atoms with Gasteiger partial charge in [-0.2, -0.15) is 5.26 Å². The van der Waals surface area contributed by atoms with Gasteiger partial charge in [0.2, 0.25) is 0 Å². The molecule has 0 radical (unpaired) electrons. The van der Waals surface area contributed by atoms with Gasteiger partial charge in [0, 0.05) is 0 Å². The van der Waals surface area contributed by atoms with Crippen LogP contribution in [0.25, 0.3) is 0 Å². The smallest absolute Gasteiger partial charge is 0.300 e. The van der Waals surface area contributed by atoms with Crippen molar-refractivity contribution in [3.05, 3.63) is 35.4 Å². The molecule has 1 aromatic rings. The van der Waals surface area contributed by atoms with Gasteiger partial charge in [0.15, 0.2) is 0 Å². The van der Waals surface area contributed by atoms with Crippen LogP contribution in [-0.4, -0.2) is 21.7 Å². The summed E-state index contributed by atoms with van der Waals surface area (Å²) in [6.45, 7) is 18.2. The van der Waals surface area contributed by atoms with Crippen LogP contribution in [0.4, 0.5) is 0 Å². The third kappa shape index (κ3) is 7.99. The Kier molecular flexibility index (Phi) is 11.6. The molecule has 0 spiro atoms. The number of benzene rings is 1. The standard InChI is InChI=1S/C12H18.C8H16O3.H2O2/c1-9(2)11-7-5-6-8-12(11)10(3)4;1-7(2,3)8(4,5)6(9)11-10;1-2/h5-10H,1-4H3;10H,1-5H3;1-2H. The fourth-order valence-corrected chi connectivity index (χ4v) is 1.98. The largest absolute Gasteiger partial charge is 0.348 e. The second-order valence-corrected chi connectivity index (χ2v) is 8.19. The first-order chi connectivity index (χ1) is 11.4. The van der Waals surface area contributed by atoms with Crippen molar-refractivity contribution in [1.82, 2.24) is 0 Å². The predicted octanol–water partition coefficient (Wildman–Crippen LogP) is 6.03. The minimum Gasteiger partial charge on any atom is -0.300 e. The number of hydrogen-bond acceptors (Lipinski definition) is 5. The maximum Gasteiger partial charge on any atom is 0.348 e. The van der Waals surface area contributed by atoms with Crippen LogP contribution in [0, 0.1) is 10.8 Å². The zero-order valence-corrected chi connectivity index (χ0v) is 17.1. The van der Waals surface area contributed by atoms with E-state index >= 15 is 0 Å². The third-order valence-electron chi connectivity index (χ3n) is 4.71. The van der Waals surface area contributed by atoms with Gasteiger partial charge >= 0.3 is 5.97 Å². The highest BCUT2D eigenvalue weighted by Gasteiger charge is 2.41. The second kappa shape index (κ2) is 11.2. The molecular weight excluding hydrogens is 320 g/mol. The topological polar surface area (TPSA) is 87.0 Å². The quantitative estimate of drug-likeness (QED) is 0.455. The molecule has 3 N–H and O–H groups in total. The molecule has 0 saturated carbocycles. The first-order valence-corrected chi connectivity index (χ1v) is 8.50. The van der Waals surface area contributed by atoms with Crippen molar-refractivity contribution in [1.29, 1.82) is 0 Å². The molecule has 146 valence electrons. The van der Waals surface area contributed by atoms with Crippen molar-refractivity contribution in [3.63, 3.8) is 0 Å². The summed E-state index contributed by atoms with van der Waals surface area (Å²) < 4.78 is 0. The summed E-state index contributed by atoms with van der Waals surface area (Å²) in [5.41, 5.74) is 2.11. The van der Waals surface area contributed by atoms with E-state index in [1.54, 1.807) is 13.8 Å². The minimum atomic E-state index is -0.665. The van der Waals surface area contributed by atoms with Crippen LogP contribution in [0.1, 0.15) is 85.3 Å². The van der Waals surface area contributed by atoms with Gasteiger partial charge in [0.1, 0.15) is 0 Å². The summed E-state index contributed by atoms with van der Waals surface area (Å²) in [6.07, 6.45) is 0.